The highest BCUT2D eigenvalue weighted by Crippen LogP contribution is 2.48. The number of phenols is 3. The third-order valence-electron chi connectivity index (χ3n) is 12.6. The van der Waals surface area contributed by atoms with Crippen LogP contribution in [-0.2, 0) is 21.7 Å². The van der Waals surface area contributed by atoms with Crippen LogP contribution >= 0.6 is 0 Å². The molecule has 0 amide bonds. The molecular weight excluding hydrogens is 709 g/mol. The van der Waals surface area contributed by atoms with Crippen molar-refractivity contribution in [3.63, 3.8) is 0 Å². The minimum absolute atomic E-state index is 0.159. The van der Waals surface area contributed by atoms with Gasteiger partial charge in [0.2, 0.25) is 0 Å². The quantitative estimate of drug-likeness (QED) is 0.0631. The van der Waals surface area contributed by atoms with E-state index in [1.54, 1.807) is 55.5 Å². The Morgan fingerprint density at radius 1 is 0.491 bits per heavy atom. The largest absolute Gasteiger partial charge is 0.513 e. The van der Waals surface area contributed by atoms with Crippen molar-refractivity contribution in [3.05, 3.63) is 220 Å². The average Bonchev–Trinajstić information content (AvgIpc) is 4.04. The summed E-state index contributed by atoms with van der Waals surface area (Å²) in [7, 11) is 0. The Morgan fingerprint density at radius 2 is 0.789 bits per heavy atom. The number of aliphatic hydroxyl groups is 1. The molecule has 0 spiro atoms. The summed E-state index contributed by atoms with van der Waals surface area (Å²) in [6.07, 6.45) is 5.35. The number of allylic oxidation sites excluding steroid dienone is 5. The van der Waals surface area contributed by atoms with Gasteiger partial charge in [-0.05, 0) is 148 Å². The fraction of sp³-hybridized carbons (Fsp3) is 0.184. The summed E-state index contributed by atoms with van der Waals surface area (Å²) in [5.74, 6) is 0.666. The van der Waals surface area contributed by atoms with Crippen molar-refractivity contribution >= 4 is 0 Å². The first-order valence-corrected chi connectivity index (χ1v) is 19.1. The van der Waals surface area contributed by atoms with Gasteiger partial charge in [-0.15, -0.1) is 0 Å². The molecule has 8 nitrogen and oxygen atoms in total. The van der Waals surface area contributed by atoms with Gasteiger partial charge in [0.05, 0.1) is 27.4 Å². The molecule has 3 aromatic carbocycles. The molecule has 4 atom stereocenters. The van der Waals surface area contributed by atoms with Gasteiger partial charge >= 0.3 is 0 Å². The molecule has 8 bridgehead atoms. The number of phenolic OH excluding ortho intramolecular Hbond substituents is 3. The number of aromatic hydroxyl groups is 3. The van der Waals surface area contributed by atoms with Crippen LogP contribution in [0.5, 0.6) is 17.2 Å². The van der Waals surface area contributed by atoms with Crippen molar-refractivity contribution in [2.75, 3.05) is 0 Å². The van der Waals surface area contributed by atoms with E-state index in [2.05, 4.69) is 103 Å². The van der Waals surface area contributed by atoms with Crippen LogP contribution in [0.3, 0.4) is 0 Å². The standard InChI is InChI=1S/C49H48N4O4/c1-30(11-7-12-31(2)54)46(3)38-19-21-40(50-38)47(4,32-13-8-16-35(55)27-32)42-23-25-44(52-42)49(6,34-15-10-18-37(57)29-34)45-26-24-43(53-45)48(5,41-22-20-39(46)51-41)33-14-9-17-36(56)28-33/h7-29,50-57H,1H2,2-6H3/b11-7-,31-12+/t46-,47+,48-,49+. The topological polar surface area (TPSA) is 144 Å². The predicted octanol–water partition coefficient (Wildman–Crippen LogP) is 10.4. The molecule has 1 aliphatic rings. The molecule has 8 rings (SSSR count). The number of H-pyrrole nitrogens is 4. The zero-order valence-corrected chi connectivity index (χ0v) is 32.8. The van der Waals surface area contributed by atoms with E-state index in [0.29, 0.717) is 0 Å². The highest BCUT2D eigenvalue weighted by atomic mass is 16.3. The lowest BCUT2D eigenvalue weighted by atomic mass is 9.76. The van der Waals surface area contributed by atoms with Gasteiger partial charge < -0.3 is 40.4 Å². The van der Waals surface area contributed by atoms with Gasteiger partial charge in [0.1, 0.15) is 17.2 Å². The minimum Gasteiger partial charge on any atom is -0.513 e. The average molecular weight is 757 g/mol. The second-order valence-electron chi connectivity index (χ2n) is 16.0. The normalized spacial score (nSPS) is 23.5. The number of nitrogens with one attached hydrogen (secondary N) is 4. The van der Waals surface area contributed by atoms with Gasteiger partial charge in [-0.25, -0.2) is 0 Å². The highest BCUT2D eigenvalue weighted by Gasteiger charge is 2.43. The van der Waals surface area contributed by atoms with Crippen LogP contribution in [0, 0.1) is 0 Å². The van der Waals surface area contributed by atoms with Crippen molar-refractivity contribution in [3.8, 4) is 17.2 Å². The first-order valence-electron chi connectivity index (χ1n) is 19.1. The van der Waals surface area contributed by atoms with Crippen molar-refractivity contribution < 1.29 is 20.4 Å². The number of benzene rings is 3. The van der Waals surface area contributed by atoms with Crippen molar-refractivity contribution in [2.45, 2.75) is 56.3 Å². The number of aromatic amines is 4. The van der Waals surface area contributed by atoms with E-state index in [0.717, 1.165) is 67.8 Å². The van der Waals surface area contributed by atoms with Crippen molar-refractivity contribution in [1.29, 1.82) is 0 Å². The summed E-state index contributed by atoms with van der Waals surface area (Å²) in [4.78, 5) is 15.4. The maximum atomic E-state index is 10.8. The van der Waals surface area contributed by atoms with Crippen LogP contribution in [0.25, 0.3) is 0 Å². The number of rotatable bonds is 6. The zero-order chi connectivity index (χ0) is 40.3. The Kier molecular flexibility index (Phi) is 8.76. The van der Waals surface area contributed by atoms with Crippen LogP contribution in [-0.4, -0.2) is 40.4 Å². The van der Waals surface area contributed by atoms with Crippen molar-refractivity contribution in [2.24, 2.45) is 0 Å². The van der Waals surface area contributed by atoms with Crippen LogP contribution < -0.4 is 0 Å². The monoisotopic (exact) mass is 756 g/mol. The molecule has 1 aliphatic heterocycles. The third-order valence-corrected chi connectivity index (χ3v) is 12.6. The Morgan fingerprint density at radius 3 is 1.09 bits per heavy atom. The Hall–Kier alpha value is -6.80. The van der Waals surface area contributed by atoms with Gasteiger partial charge in [0, 0.05) is 45.6 Å². The molecular formula is C49H48N4O4. The van der Waals surface area contributed by atoms with E-state index in [4.69, 9.17) is 0 Å². The highest BCUT2D eigenvalue weighted by molar-refractivity contribution is 5.57. The molecule has 7 aromatic rings. The van der Waals surface area contributed by atoms with E-state index in [-0.39, 0.29) is 23.0 Å². The van der Waals surface area contributed by atoms with E-state index in [1.807, 2.05) is 42.5 Å². The lowest BCUT2D eigenvalue weighted by Crippen LogP contribution is -2.32. The molecule has 4 aromatic heterocycles. The minimum atomic E-state index is -0.823. The third kappa shape index (κ3) is 5.82. The smallest absolute Gasteiger partial charge is 0.115 e. The van der Waals surface area contributed by atoms with Crippen LogP contribution in [0.4, 0.5) is 0 Å². The van der Waals surface area contributed by atoms with Gasteiger partial charge in [-0.2, -0.15) is 0 Å². The lowest BCUT2D eigenvalue weighted by molar-refractivity contribution is 0.414. The van der Waals surface area contributed by atoms with E-state index < -0.39 is 21.7 Å². The molecule has 0 unspecified atom stereocenters. The molecule has 0 saturated heterocycles. The lowest BCUT2D eigenvalue weighted by Gasteiger charge is -2.34. The zero-order valence-electron chi connectivity index (χ0n) is 32.8. The Bertz CT molecular complexity index is 2560. The predicted molar refractivity (Wildman–Crippen MR) is 225 cm³/mol. The van der Waals surface area contributed by atoms with Crippen LogP contribution in [0.15, 0.2) is 157 Å². The Balaban J connectivity index is 1.46. The number of aliphatic hydroxyl groups excluding tert-OH is 1. The van der Waals surface area contributed by atoms with Gasteiger partial charge in [-0.3, -0.25) is 0 Å². The summed E-state index contributed by atoms with van der Waals surface area (Å²) >= 11 is 0. The van der Waals surface area contributed by atoms with Crippen LogP contribution in [0.1, 0.15) is 96.9 Å². The summed E-state index contributed by atoms with van der Waals surface area (Å²) < 4.78 is 0. The van der Waals surface area contributed by atoms with E-state index >= 15 is 0 Å². The summed E-state index contributed by atoms with van der Waals surface area (Å²) in [6, 6.07) is 38.8. The van der Waals surface area contributed by atoms with Crippen molar-refractivity contribution in [1.82, 2.24) is 19.9 Å². The number of hydrogen-bond donors (Lipinski definition) is 8. The molecule has 288 valence electrons. The summed E-state index contributed by atoms with van der Waals surface area (Å²) in [5.41, 5.74) is 7.22. The SMILES string of the molecule is C=C(/C=C\C=C(/C)O)[C@]1(C)c2ccc([nH]2)[C@](C)(c2cccc(O)c2)c2ccc([nH]2)[C@](C)(c2cccc(O)c2)c2ccc([nH]2)[C@](C)(c2cccc(O)c2)c2ccc1[nH]2. The second-order valence-corrected chi connectivity index (χ2v) is 16.0. The number of aromatic nitrogens is 4. The number of fused-ring (bicyclic) bond motifs is 8. The van der Waals surface area contributed by atoms with E-state index in [1.165, 1.54) is 0 Å². The van der Waals surface area contributed by atoms with Gasteiger partial charge in [0.25, 0.3) is 0 Å². The molecule has 0 aliphatic carbocycles. The van der Waals surface area contributed by atoms with Gasteiger partial charge in [-0.1, -0.05) is 55.1 Å². The summed E-state index contributed by atoms with van der Waals surface area (Å²) in [5, 5.41) is 42.4. The fourth-order valence-electron chi connectivity index (χ4n) is 8.69. The molecule has 5 heterocycles. The fourth-order valence-corrected chi connectivity index (χ4v) is 8.69. The second kappa shape index (κ2) is 13.4. The first-order chi connectivity index (χ1) is 27.2. The first kappa shape index (κ1) is 37.1. The van der Waals surface area contributed by atoms with Crippen LogP contribution in [0.2, 0.25) is 0 Å². The van der Waals surface area contributed by atoms with Gasteiger partial charge in [0.15, 0.2) is 0 Å². The molecule has 8 heteroatoms. The molecule has 57 heavy (non-hydrogen) atoms. The molecule has 0 fully saturated rings. The maximum Gasteiger partial charge on any atom is 0.115 e. The molecule has 0 saturated carbocycles. The maximum absolute atomic E-state index is 10.8. The number of hydrogen-bond acceptors (Lipinski definition) is 4. The summed E-state index contributed by atoms with van der Waals surface area (Å²) in [6.45, 7) is 14.8. The van der Waals surface area contributed by atoms with E-state index in [9.17, 15) is 20.4 Å². The molecule has 0 radical (unpaired) electrons. The Labute approximate surface area is 332 Å². The molecule has 8 N–H and O–H groups in total.